The summed E-state index contributed by atoms with van der Waals surface area (Å²) in [5.41, 5.74) is 8.30. The molecule has 0 radical (unpaired) electrons. The Morgan fingerprint density at radius 1 is 0.400 bits per heavy atom. The van der Waals surface area contributed by atoms with Crippen LogP contribution in [0.4, 0.5) is 0 Å². The Morgan fingerprint density at radius 3 is 0.912 bits per heavy atom. The number of nitrogens with zero attached hydrogens (tertiary/aromatic N) is 4. The summed E-state index contributed by atoms with van der Waals surface area (Å²) in [5, 5.41) is 73.9. The van der Waals surface area contributed by atoms with Crippen molar-refractivity contribution in [3.8, 4) is 45.8 Å². The normalized spacial score (nSPS) is 11.3. The van der Waals surface area contributed by atoms with Crippen LogP contribution in [0.1, 0.15) is 89.5 Å². The number of ether oxygens (including phenoxy) is 2. The van der Waals surface area contributed by atoms with Gasteiger partial charge in [-0.1, -0.05) is 72.8 Å². The molecule has 0 saturated heterocycles. The van der Waals surface area contributed by atoms with E-state index in [2.05, 4.69) is 9.97 Å². The van der Waals surface area contributed by atoms with Gasteiger partial charge in [0.25, 0.3) is 0 Å². The van der Waals surface area contributed by atoms with Crippen LogP contribution in [-0.2, 0) is 83.8 Å². The van der Waals surface area contributed by atoms with Gasteiger partial charge in [0, 0.05) is 86.6 Å². The number of fused-ring (bicyclic) bond motifs is 8. The van der Waals surface area contributed by atoms with Gasteiger partial charge in [0.15, 0.2) is 0 Å². The smallest absolute Gasteiger partial charge is 0.550 e. The molecule has 16 nitrogen and oxygen atoms in total. The minimum atomic E-state index is -1.40. The molecule has 80 heavy (non-hydrogen) atoms. The molecule has 0 atom stereocenters. The Bertz CT molecular complexity index is 3290. The van der Waals surface area contributed by atoms with Gasteiger partial charge in [-0.2, -0.15) is 0 Å². The Kier molecular flexibility index (Phi) is 24.1. The number of aromatic nitrogens is 4. The number of carboxylic acid groups (broad SMARTS) is 4. The van der Waals surface area contributed by atoms with Gasteiger partial charge in [-0.3, -0.25) is 9.97 Å². The second kappa shape index (κ2) is 29.5. The third kappa shape index (κ3) is 16.8. The molecule has 0 saturated carbocycles. The molecule has 0 fully saturated rings. The van der Waals surface area contributed by atoms with E-state index >= 15 is 0 Å². The fraction of sp³-hybridized carbons (Fsp3) is 0.200. The Morgan fingerprint density at radius 2 is 0.650 bits per heavy atom. The Hall–Kier alpha value is -5.44. The maximum absolute atomic E-state index is 12.4. The van der Waals surface area contributed by atoms with Crippen molar-refractivity contribution < 1.29 is 178 Å². The van der Waals surface area contributed by atoms with E-state index in [1.54, 1.807) is 48.5 Å². The fourth-order valence-corrected chi connectivity index (χ4v) is 9.72. The predicted octanol–water partition coefficient (Wildman–Crippen LogP) is -8.35. The molecule has 2 N–H and O–H groups in total. The number of benzene rings is 4. The van der Waals surface area contributed by atoms with Crippen LogP contribution in [0.3, 0.4) is 0 Å². The van der Waals surface area contributed by atoms with Crippen molar-refractivity contribution in [1.82, 2.24) is 19.9 Å². The van der Waals surface area contributed by atoms with Crippen molar-refractivity contribution in [1.29, 1.82) is 0 Å². The molecule has 384 valence electrons. The summed E-state index contributed by atoms with van der Waals surface area (Å²) in [4.78, 5) is 67.9. The van der Waals surface area contributed by atoms with E-state index in [1.165, 1.54) is 24.3 Å². The molecule has 1 aliphatic carbocycles. The van der Waals surface area contributed by atoms with E-state index < -0.39 is 49.6 Å². The van der Waals surface area contributed by atoms with Crippen LogP contribution in [0.2, 0.25) is 0 Å². The summed E-state index contributed by atoms with van der Waals surface area (Å²) in [5.74, 6) is -5.67. The van der Waals surface area contributed by atoms with Crippen LogP contribution in [0.15, 0.2) is 121 Å². The van der Waals surface area contributed by atoms with Gasteiger partial charge in [-0.15, -0.1) is 0 Å². The van der Waals surface area contributed by atoms with Gasteiger partial charge < -0.3 is 59.3 Å². The number of rotatable bonds is 16. The van der Waals surface area contributed by atoms with E-state index in [1.807, 2.05) is 62.4 Å². The number of carboxylic acids is 4. The number of carbonyl (C=O) groups is 4. The summed E-state index contributed by atoms with van der Waals surface area (Å²) >= 11 is 0. The molecule has 8 aromatic rings. The van der Waals surface area contributed by atoms with Crippen LogP contribution in [0.25, 0.3) is 22.8 Å². The first-order chi connectivity index (χ1) is 36.5. The number of aryl methyl sites for hydroxylation is 2. The Labute approximate surface area is 550 Å². The molecule has 4 heterocycles. The largest absolute Gasteiger partial charge is 1.00 e. The number of aliphatic carboxylic acids is 4. The molecule has 20 heteroatoms. The first kappa shape index (κ1) is 65.4. The zero-order valence-corrected chi connectivity index (χ0v) is 53.4. The predicted molar refractivity (Wildman–Crippen MR) is 268 cm³/mol. The van der Waals surface area contributed by atoms with E-state index in [4.69, 9.17) is 19.4 Å². The summed E-state index contributed by atoms with van der Waals surface area (Å²) in [6.07, 6.45) is -2.87. The summed E-state index contributed by atoms with van der Waals surface area (Å²) in [7, 11) is 0. The van der Waals surface area contributed by atoms with Gasteiger partial charge in [0.05, 0.1) is 34.2 Å². The number of hydrogen-bond acceptors (Lipinski definition) is 16. The average Bonchev–Trinajstić information content (AvgIpc) is 3.41. The SMILES string of the molecule is Cc1cccc(-c2cccc(COc3c4cc(CC(=O)[O-])cc3Cc3cc(CC(=O)[O-])cc(c3O)Cc3cc(CC(=O)[O-])cc(c3OCc3cccc(-c5cccc(C)n5)n3)Cc3cc(CC(=O)[O-])cc(c3O)C4)n2)n1.[Na+].[Na+].[Na+].[Na+]. The van der Waals surface area contributed by atoms with Gasteiger partial charge in [0.2, 0.25) is 0 Å². The molecule has 4 aromatic carbocycles. The molecule has 8 bridgehead atoms. The second-order valence-electron chi connectivity index (χ2n) is 18.8. The minimum absolute atomic E-state index is 0. The van der Waals surface area contributed by atoms with E-state index in [0.29, 0.717) is 56.4 Å². The zero-order chi connectivity index (χ0) is 53.6. The maximum Gasteiger partial charge on any atom is 1.00 e. The van der Waals surface area contributed by atoms with Gasteiger partial charge in [-0.25, -0.2) is 9.97 Å². The van der Waals surface area contributed by atoms with Crippen LogP contribution in [-0.4, -0.2) is 54.0 Å². The van der Waals surface area contributed by atoms with Crippen molar-refractivity contribution in [3.63, 3.8) is 0 Å². The van der Waals surface area contributed by atoms with E-state index in [0.717, 1.165) is 11.4 Å². The quantitative estimate of drug-likeness (QED) is 0.0851. The number of pyridine rings is 4. The number of phenolic OH excluding ortho intramolecular Hbond substituents is 2. The molecular weight excluding hydrogens is 1060 g/mol. The molecule has 0 spiro atoms. The average molecular weight is 1110 g/mol. The van der Waals surface area contributed by atoms with Crippen molar-refractivity contribution >= 4 is 23.9 Å². The third-order valence-corrected chi connectivity index (χ3v) is 12.8. The fourth-order valence-electron chi connectivity index (χ4n) is 9.72. The van der Waals surface area contributed by atoms with Crippen LogP contribution >= 0.6 is 0 Å². The van der Waals surface area contributed by atoms with Gasteiger partial charge in [0.1, 0.15) is 36.2 Å². The number of hydrogen-bond donors (Lipinski definition) is 2. The first-order valence-corrected chi connectivity index (χ1v) is 24.3. The molecule has 0 aliphatic heterocycles. The number of phenols is 2. The monoisotopic (exact) mass is 1110 g/mol. The standard InChI is InChI=1S/C60H52N4O12.4Na/c1-33-7-3-11-49(61-33)51-13-5-9-47(63-51)31-75-59-43-19-37(25-55(69)70)20-44(59)28-40-16-36(24-54(67)68)18-42(58(40)74)30-46-22-38(26-56(71)72)21-45(29-41-17-35(23-53(65)66)15-39(27-43)57(41)73)60(46)76-32-48-10-6-14-52(64-48)50-12-4-8-34(2)62-50;;;;/h3-22,73-74H,23-32H2,1-2H3,(H,65,66)(H,67,68)(H,69,70)(H,71,72);;;;/q;4*+1/p-4. The minimum Gasteiger partial charge on any atom is -0.550 e. The molecule has 4 aromatic heterocycles. The molecule has 0 unspecified atom stereocenters. The summed E-state index contributed by atoms with van der Waals surface area (Å²) in [6.45, 7) is 3.48. The maximum atomic E-state index is 12.4. The molecule has 0 amide bonds. The van der Waals surface area contributed by atoms with Crippen LogP contribution < -0.4 is 148 Å². The third-order valence-electron chi connectivity index (χ3n) is 12.8. The second-order valence-corrected chi connectivity index (χ2v) is 18.8. The van der Waals surface area contributed by atoms with Crippen molar-refractivity contribution in [2.75, 3.05) is 0 Å². The Balaban J connectivity index is 0.00000294. The van der Waals surface area contributed by atoms with Gasteiger partial charge in [-0.05, 0) is 129 Å². The molecular formula is C60H48N4Na4O12. The summed E-state index contributed by atoms with van der Waals surface area (Å²) in [6, 6.07) is 34.2. The van der Waals surface area contributed by atoms with E-state index in [-0.39, 0.29) is 225 Å². The van der Waals surface area contributed by atoms with E-state index in [9.17, 15) is 49.8 Å². The first-order valence-electron chi connectivity index (χ1n) is 24.3. The molecule has 9 rings (SSSR count). The zero-order valence-electron chi connectivity index (χ0n) is 45.4. The van der Waals surface area contributed by atoms with Gasteiger partial charge >= 0.3 is 118 Å². The topological polar surface area (TPSA) is 271 Å². The van der Waals surface area contributed by atoms with Crippen molar-refractivity contribution in [3.05, 3.63) is 211 Å². The van der Waals surface area contributed by atoms with Crippen molar-refractivity contribution in [2.24, 2.45) is 0 Å². The van der Waals surface area contributed by atoms with Crippen LogP contribution in [0.5, 0.6) is 23.0 Å². The van der Waals surface area contributed by atoms with Crippen molar-refractivity contribution in [2.45, 2.75) is 78.4 Å². The number of aromatic hydroxyl groups is 2. The summed E-state index contributed by atoms with van der Waals surface area (Å²) < 4.78 is 13.4. The number of carbonyl (C=O) groups excluding carboxylic acids is 4. The molecule has 1 aliphatic rings. The van der Waals surface area contributed by atoms with Crippen LogP contribution in [0, 0.1) is 13.8 Å².